The zero-order valence-electron chi connectivity index (χ0n) is 81.1. The fourth-order valence-corrected chi connectivity index (χ4v) is 21.8. The van der Waals surface area contributed by atoms with Crippen molar-refractivity contribution in [1.82, 2.24) is 13.7 Å². The van der Waals surface area contributed by atoms with Gasteiger partial charge in [0.15, 0.2) is 0 Å². The molecule has 0 amide bonds. The maximum Gasteiger partial charge on any atom is 0.0562 e. The largest absolute Gasteiger partial charge is 0.310 e. The summed E-state index contributed by atoms with van der Waals surface area (Å²) in [7, 11) is 0. The molecule has 6 nitrogen and oxygen atoms in total. The van der Waals surface area contributed by atoms with Gasteiger partial charge in [-0.05, 0) is 285 Å². The Hall–Kier alpha value is -18.4. The van der Waals surface area contributed by atoms with Crippen LogP contribution in [0, 0.1) is 20.8 Å². The molecule has 1 aliphatic rings. The molecule has 25 aromatic rings. The van der Waals surface area contributed by atoms with E-state index in [-0.39, 0.29) is 5.41 Å². The van der Waals surface area contributed by atoms with E-state index in [2.05, 4.69) is 603 Å². The molecule has 22 aromatic carbocycles. The summed E-state index contributed by atoms with van der Waals surface area (Å²) in [5.41, 5.74) is 44.4. The summed E-state index contributed by atoms with van der Waals surface area (Å²) < 4.78 is 7.22. The topological polar surface area (TPSA) is 24.5 Å². The van der Waals surface area contributed by atoms with E-state index in [1.807, 2.05) is 0 Å². The fraction of sp³-hybridized carbons (Fsp3) is 0.0435. The summed E-state index contributed by atoms with van der Waals surface area (Å²) in [5.74, 6) is 0. The molecule has 0 aliphatic heterocycles. The van der Waals surface area contributed by atoms with E-state index in [9.17, 15) is 0 Å². The van der Waals surface area contributed by atoms with Gasteiger partial charge in [-0.15, -0.1) is 0 Å². The Kier molecular flexibility index (Phi) is 23.4. The number of benzene rings is 22. The monoisotopic (exact) mass is 1840 g/mol. The van der Waals surface area contributed by atoms with Gasteiger partial charge in [0, 0.05) is 88.9 Å². The van der Waals surface area contributed by atoms with Crippen LogP contribution in [-0.4, -0.2) is 13.7 Å². The summed E-state index contributed by atoms with van der Waals surface area (Å²) in [6.45, 7) is 11.2. The number of para-hydroxylation sites is 4. The van der Waals surface area contributed by atoms with Crippen molar-refractivity contribution in [3.05, 3.63) is 568 Å². The van der Waals surface area contributed by atoms with Crippen molar-refractivity contribution in [2.45, 2.75) is 40.0 Å². The zero-order chi connectivity index (χ0) is 96.7. The van der Waals surface area contributed by atoms with Gasteiger partial charge >= 0.3 is 0 Å². The van der Waals surface area contributed by atoms with E-state index in [1.165, 1.54) is 177 Å². The van der Waals surface area contributed by atoms with Crippen LogP contribution in [0.2, 0.25) is 0 Å². The third-order valence-corrected chi connectivity index (χ3v) is 28.8. The molecule has 26 rings (SSSR count). The Bertz CT molecular complexity index is 8920. The highest BCUT2D eigenvalue weighted by Gasteiger charge is 2.37. The van der Waals surface area contributed by atoms with E-state index in [4.69, 9.17) is 0 Å². The third-order valence-electron chi connectivity index (χ3n) is 28.8. The normalized spacial score (nSPS) is 11.8. The van der Waals surface area contributed by atoms with Gasteiger partial charge in [-0.2, -0.15) is 0 Å². The second-order valence-corrected chi connectivity index (χ2v) is 38.1. The standard InChI is InChI=1S/C48H34N2.C46H36N2.C44H34N2/c1-5-16-35(17-6-1)38-28-30-42(31-29-38)50-45-25-14-13-24-44(45)48-46(26-15-27-47(48)50)49(41-22-11-4-12-23-41)43-33-39(36-18-7-2-8-19-36)32-40(34-43)37-20-9-3-10-21-37;1-31-20-24-34(25-21-31)47(36-28-29-38-37-14-7-9-16-40(37)46(2,3)41(38)30-36)43-18-11-19-44-45(43)39-15-8-10-17-42(39)48(44)35-26-22-33(23-27-35)32-12-5-4-6-13-32;1-31-19-25-36(26-20-31)45(37-29-23-35(24-30-37)39-14-7-6-11-32(39)2)42-17-10-18-43-44(42)40-15-8-9-16-41(40)46(43)38-27-21-34(22-28-38)33-12-4-3-5-13-33/h1-34H;4-30H,1-3H3;3-30H,1-2H3. The fourth-order valence-electron chi connectivity index (χ4n) is 21.8. The lowest BCUT2D eigenvalue weighted by molar-refractivity contribution is 0.660. The molecule has 0 spiro atoms. The van der Waals surface area contributed by atoms with Crippen LogP contribution < -0.4 is 14.7 Å². The maximum absolute atomic E-state index is 2.45. The van der Waals surface area contributed by atoms with Crippen molar-refractivity contribution in [2.75, 3.05) is 14.7 Å². The van der Waals surface area contributed by atoms with Gasteiger partial charge in [0.05, 0.1) is 50.2 Å². The molecule has 144 heavy (non-hydrogen) atoms. The van der Waals surface area contributed by atoms with Gasteiger partial charge in [-0.3, -0.25) is 0 Å². The van der Waals surface area contributed by atoms with Gasteiger partial charge in [0.1, 0.15) is 0 Å². The highest BCUT2D eigenvalue weighted by atomic mass is 15.2. The van der Waals surface area contributed by atoms with Crippen LogP contribution >= 0.6 is 0 Å². The summed E-state index contributed by atoms with van der Waals surface area (Å²) in [6.07, 6.45) is 0. The lowest BCUT2D eigenvalue weighted by atomic mass is 9.82. The second kappa shape index (κ2) is 38.1. The number of aromatic nitrogens is 3. The Morgan fingerprint density at radius 1 is 0.174 bits per heavy atom. The number of rotatable bonds is 18. The first-order valence-electron chi connectivity index (χ1n) is 49.8. The van der Waals surface area contributed by atoms with Gasteiger partial charge in [0.2, 0.25) is 0 Å². The van der Waals surface area contributed by atoms with Crippen LogP contribution in [0.25, 0.3) is 160 Å². The molecule has 0 fully saturated rings. The Morgan fingerprint density at radius 2 is 0.451 bits per heavy atom. The minimum Gasteiger partial charge on any atom is -0.310 e. The molecule has 0 radical (unpaired) electrons. The summed E-state index contributed by atoms with van der Waals surface area (Å²) in [5, 5.41) is 7.37. The minimum atomic E-state index is -0.0885. The van der Waals surface area contributed by atoms with Crippen LogP contribution in [0.3, 0.4) is 0 Å². The SMILES string of the molecule is Cc1ccc(N(c2ccc(-c3ccccc3C)cc2)c2cccc3c2c2ccccc2n3-c2ccc(-c3ccccc3)cc2)cc1.Cc1ccc(N(c2ccc3c(c2)C(C)(C)c2ccccc2-3)c2cccc3c2c2ccccc2n3-c2ccc(-c3ccccc3)cc2)cc1.c1ccc(-c2ccc(-n3c4ccccc4c4c(N(c5ccccc5)c5cc(-c6ccccc6)cc(-c6ccccc6)c5)cccc43)cc2)cc1. The van der Waals surface area contributed by atoms with Gasteiger partial charge < -0.3 is 28.4 Å². The van der Waals surface area contributed by atoms with Crippen LogP contribution in [0.1, 0.15) is 41.7 Å². The van der Waals surface area contributed by atoms with E-state index in [1.54, 1.807) is 0 Å². The van der Waals surface area contributed by atoms with Crippen LogP contribution in [0.4, 0.5) is 51.2 Å². The van der Waals surface area contributed by atoms with Crippen molar-refractivity contribution < 1.29 is 0 Å². The van der Waals surface area contributed by atoms with E-state index >= 15 is 0 Å². The lowest BCUT2D eigenvalue weighted by Crippen LogP contribution is -2.16. The van der Waals surface area contributed by atoms with Crippen molar-refractivity contribution in [2.24, 2.45) is 0 Å². The predicted octanol–water partition coefficient (Wildman–Crippen LogP) is 38.0. The van der Waals surface area contributed by atoms with Crippen LogP contribution in [0.5, 0.6) is 0 Å². The molecule has 0 bridgehead atoms. The number of aryl methyl sites for hydroxylation is 3. The zero-order valence-corrected chi connectivity index (χ0v) is 81.1. The van der Waals surface area contributed by atoms with Gasteiger partial charge in [-0.25, -0.2) is 0 Å². The molecule has 3 aromatic heterocycles. The molecule has 0 atom stereocenters. The molecule has 0 unspecified atom stereocenters. The number of hydrogen-bond donors (Lipinski definition) is 0. The highest BCUT2D eigenvalue weighted by molar-refractivity contribution is 6.20. The molecule has 686 valence electrons. The first-order chi connectivity index (χ1) is 71.0. The van der Waals surface area contributed by atoms with Crippen molar-refractivity contribution in [3.63, 3.8) is 0 Å². The summed E-state index contributed by atoms with van der Waals surface area (Å²) >= 11 is 0. The van der Waals surface area contributed by atoms with E-state index < -0.39 is 0 Å². The molecule has 0 N–H and O–H groups in total. The Morgan fingerprint density at radius 3 is 0.840 bits per heavy atom. The van der Waals surface area contributed by atoms with E-state index in [0.717, 1.165) is 62.6 Å². The second-order valence-electron chi connectivity index (χ2n) is 38.1. The Balaban J connectivity index is 0.000000116. The van der Waals surface area contributed by atoms with Gasteiger partial charge in [0.25, 0.3) is 0 Å². The minimum absolute atomic E-state index is 0.0885. The first-order valence-corrected chi connectivity index (χ1v) is 49.8. The van der Waals surface area contributed by atoms with Crippen molar-refractivity contribution >= 4 is 117 Å². The molecule has 6 heteroatoms. The quantitative estimate of drug-likeness (QED) is 0.0856. The van der Waals surface area contributed by atoms with Crippen molar-refractivity contribution in [3.8, 4) is 95.0 Å². The average Bonchev–Trinajstić information content (AvgIpc) is 1.57. The smallest absolute Gasteiger partial charge is 0.0562 e. The lowest BCUT2D eigenvalue weighted by Gasteiger charge is -2.29. The van der Waals surface area contributed by atoms with Crippen molar-refractivity contribution in [1.29, 1.82) is 0 Å². The molecular weight excluding hydrogens is 1740 g/mol. The molecule has 0 saturated heterocycles. The van der Waals surface area contributed by atoms with E-state index in [0.29, 0.717) is 0 Å². The molecule has 1 aliphatic carbocycles. The number of fused-ring (bicyclic) bond motifs is 12. The number of anilines is 9. The predicted molar refractivity (Wildman–Crippen MR) is 611 cm³/mol. The van der Waals surface area contributed by atoms with Crippen LogP contribution in [0.15, 0.2) is 540 Å². The summed E-state index contributed by atoms with van der Waals surface area (Å²) in [4.78, 5) is 7.28. The highest BCUT2D eigenvalue weighted by Crippen LogP contribution is 2.54. The van der Waals surface area contributed by atoms with Crippen LogP contribution in [-0.2, 0) is 5.41 Å². The third kappa shape index (κ3) is 16.5. The molecule has 3 heterocycles. The maximum atomic E-state index is 2.45. The average molecular weight is 1850 g/mol. The number of hydrogen-bond acceptors (Lipinski definition) is 3. The molecule has 0 saturated carbocycles. The number of nitrogens with zero attached hydrogens (tertiary/aromatic N) is 6. The Labute approximate surface area is 841 Å². The van der Waals surface area contributed by atoms with Gasteiger partial charge in [-0.1, -0.05) is 395 Å². The molecular formula is C138H104N6. The summed E-state index contributed by atoms with van der Waals surface area (Å²) in [6, 6.07) is 195. The first kappa shape index (κ1) is 88.3.